The molecule has 1 rings (SSSR count). The highest BCUT2D eigenvalue weighted by molar-refractivity contribution is 5.80. The second-order valence-corrected chi connectivity index (χ2v) is 5.14. The van der Waals surface area contributed by atoms with Crippen LogP contribution >= 0.6 is 0 Å². The maximum absolute atomic E-state index is 11.8. The minimum Gasteiger partial charge on any atom is -0.364 e. The van der Waals surface area contributed by atoms with Crippen LogP contribution in [0.15, 0.2) is 0 Å². The van der Waals surface area contributed by atoms with Crippen LogP contribution < -0.4 is 10.6 Å². The van der Waals surface area contributed by atoms with E-state index in [2.05, 4.69) is 17.6 Å². The van der Waals surface area contributed by atoms with Gasteiger partial charge in [0.05, 0.1) is 6.10 Å². The average molecular weight is 256 g/mol. The minimum atomic E-state index is -0.346. The van der Waals surface area contributed by atoms with Gasteiger partial charge in [-0.15, -0.1) is 0 Å². The molecule has 3 unspecified atom stereocenters. The van der Waals surface area contributed by atoms with Gasteiger partial charge in [-0.25, -0.2) is 0 Å². The molecular formula is C14H28N2O2. The van der Waals surface area contributed by atoms with E-state index < -0.39 is 0 Å². The molecule has 1 aliphatic rings. The van der Waals surface area contributed by atoms with Crippen molar-refractivity contribution in [2.45, 2.75) is 70.6 Å². The standard InChI is InChI=1S/C14H28N2O2/c1-4-5-10-16-14(17)11(2)18-13-9-7-6-8-12(13)15-3/h11-13,15H,4-10H2,1-3H3,(H,16,17). The first-order valence-electron chi connectivity index (χ1n) is 7.29. The van der Waals surface area contributed by atoms with Gasteiger partial charge in [-0.2, -0.15) is 0 Å². The van der Waals surface area contributed by atoms with E-state index in [0.29, 0.717) is 6.04 Å². The molecule has 0 radical (unpaired) electrons. The zero-order valence-electron chi connectivity index (χ0n) is 12.0. The summed E-state index contributed by atoms with van der Waals surface area (Å²) in [6.45, 7) is 4.72. The van der Waals surface area contributed by atoms with E-state index in [4.69, 9.17) is 4.74 Å². The molecule has 0 aliphatic heterocycles. The Morgan fingerprint density at radius 2 is 2.11 bits per heavy atom. The van der Waals surface area contributed by atoms with Crippen LogP contribution in [-0.2, 0) is 9.53 Å². The largest absolute Gasteiger partial charge is 0.364 e. The van der Waals surface area contributed by atoms with Gasteiger partial charge >= 0.3 is 0 Å². The van der Waals surface area contributed by atoms with Gasteiger partial charge < -0.3 is 15.4 Å². The van der Waals surface area contributed by atoms with Crippen LogP contribution in [0.2, 0.25) is 0 Å². The van der Waals surface area contributed by atoms with Crippen molar-refractivity contribution in [1.82, 2.24) is 10.6 Å². The van der Waals surface area contributed by atoms with Crippen LogP contribution in [0.3, 0.4) is 0 Å². The first kappa shape index (κ1) is 15.4. The maximum atomic E-state index is 11.8. The van der Waals surface area contributed by atoms with Crippen LogP contribution in [0.5, 0.6) is 0 Å². The number of rotatable bonds is 7. The molecular weight excluding hydrogens is 228 g/mol. The van der Waals surface area contributed by atoms with E-state index in [9.17, 15) is 4.79 Å². The average Bonchev–Trinajstić information content (AvgIpc) is 2.39. The van der Waals surface area contributed by atoms with Crippen LogP contribution in [-0.4, -0.2) is 37.7 Å². The molecule has 4 heteroatoms. The van der Waals surface area contributed by atoms with Gasteiger partial charge in [0, 0.05) is 12.6 Å². The molecule has 0 saturated heterocycles. The van der Waals surface area contributed by atoms with Crippen molar-refractivity contribution in [2.75, 3.05) is 13.6 Å². The summed E-state index contributed by atoms with van der Waals surface area (Å²) in [5, 5.41) is 6.22. The lowest BCUT2D eigenvalue weighted by Gasteiger charge is -2.32. The zero-order valence-corrected chi connectivity index (χ0v) is 12.0. The van der Waals surface area contributed by atoms with E-state index in [-0.39, 0.29) is 18.1 Å². The number of carbonyl (C=O) groups excluding carboxylic acids is 1. The van der Waals surface area contributed by atoms with Crippen molar-refractivity contribution in [1.29, 1.82) is 0 Å². The Morgan fingerprint density at radius 1 is 1.39 bits per heavy atom. The number of unbranched alkanes of at least 4 members (excludes halogenated alkanes) is 1. The molecule has 3 atom stereocenters. The fourth-order valence-electron chi connectivity index (χ4n) is 2.45. The van der Waals surface area contributed by atoms with Gasteiger partial charge in [-0.05, 0) is 33.2 Å². The highest BCUT2D eigenvalue weighted by Crippen LogP contribution is 2.22. The second-order valence-electron chi connectivity index (χ2n) is 5.14. The molecule has 0 bridgehead atoms. The molecule has 0 spiro atoms. The topological polar surface area (TPSA) is 50.4 Å². The van der Waals surface area contributed by atoms with Crippen LogP contribution in [0.25, 0.3) is 0 Å². The number of hydrogen-bond donors (Lipinski definition) is 2. The van der Waals surface area contributed by atoms with Gasteiger partial charge in [-0.3, -0.25) is 4.79 Å². The van der Waals surface area contributed by atoms with Crippen molar-refractivity contribution < 1.29 is 9.53 Å². The molecule has 1 aliphatic carbocycles. The molecule has 0 aromatic rings. The number of amides is 1. The lowest BCUT2D eigenvalue weighted by Crippen LogP contribution is -2.46. The molecule has 4 nitrogen and oxygen atoms in total. The summed E-state index contributed by atoms with van der Waals surface area (Å²) < 4.78 is 5.91. The molecule has 106 valence electrons. The Balaban J connectivity index is 2.32. The van der Waals surface area contributed by atoms with Gasteiger partial charge in [0.25, 0.3) is 0 Å². The summed E-state index contributed by atoms with van der Waals surface area (Å²) in [5.41, 5.74) is 0. The molecule has 1 saturated carbocycles. The number of nitrogens with one attached hydrogen (secondary N) is 2. The summed E-state index contributed by atoms with van der Waals surface area (Å²) in [4.78, 5) is 11.8. The Labute approximate surface area is 111 Å². The second kappa shape index (κ2) is 8.48. The fourth-order valence-corrected chi connectivity index (χ4v) is 2.45. The molecule has 1 amide bonds. The van der Waals surface area contributed by atoms with E-state index in [1.165, 1.54) is 12.8 Å². The van der Waals surface area contributed by atoms with Crippen molar-refractivity contribution in [3.63, 3.8) is 0 Å². The summed E-state index contributed by atoms with van der Waals surface area (Å²) >= 11 is 0. The van der Waals surface area contributed by atoms with E-state index in [0.717, 1.165) is 32.2 Å². The van der Waals surface area contributed by atoms with Crippen LogP contribution in [0.4, 0.5) is 0 Å². The summed E-state index contributed by atoms with van der Waals surface area (Å²) in [7, 11) is 1.97. The zero-order chi connectivity index (χ0) is 13.4. The minimum absolute atomic E-state index is 0.0175. The van der Waals surface area contributed by atoms with Gasteiger partial charge in [0.1, 0.15) is 6.10 Å². The Bertz CT molecular complexity index is 246. The molecule has 1 fully saturated rings. The normalized spacial score (nSPS) is 25.7. The van der Waals surface area contributed by atoms with Gasteiger partial charge in [0.2, 0.25) is 5.91 Å². The highest BCUT2D eigenvalue weighted by atomic mass is 16.5. The lowest BCUT2D eigenvalue weighted by atomic mass is 9.92. The molecule has 0 aromatic carbocycles. The quantitative estimate of drug-likeness (QED) is 0.683. The summed E-state index contributed by atoms with van der Waals surface area (Å²) in [6, 6.07) is 0.393. The summed E-state index contributed by atoms with van der Waals surface area (Å²) in [5.74, 6) is 0.0175. The van der Waals surface area contributed by atoms with Gasteiger partial charge in [-0.1, -0.05) is 26.2 Å². The first-order valence-corrected chi connectivity index (χ1v) is 7.29. The fraction of sp³-hybridized carbons (Fsp3) is 0.929. The molecule has 0 aromatic heterocycles. The third kappa shape index (κ3) is 4.94. The number of hydrogen-bond acceptors (Lipinski definition) is 3. The van der Waals surface area contributed by atoms with Crippen molar-refractivity contribution >= 4 is 5.91 Å². The highest BCUT2D eigenvalue weighted by Gasteiger charge is 2.27. The Kier molecular flexibility index (Phi) is 7.28. The third-order valence-electron chi connectivity index (χ3n) is 3.65. The molecule has 2 N–H and O–H groups in total. The number of ether oxygens (including phenoxy) is 1. The molecule has 18 heavy (non-hydrogen) atoms. The predicted molar refractivity (Wildman–Crippen MR) is 73.6 cm³/mol. The molecule has 0 heterocycles. The first-order chi connectivity index (χ1) is 8.69. The van der Waals surface area contributed by atoms with E-state index in [1.54, 1.807) is 0 Å². The smallest absolute Gasteiger partial charge is 0.248 e. The monoisotopic (exact) mass is 256 g/mol. The van der Waals surface area contributed by atoms with E-state index >= 15 is 0 Å². The lowest BCUT2D eigenvalue weighted by molar-refractivity contribution is -0.137. The predicted octanol–water partition coefficient (Wildman–Crippen LogP) is 1.84. The Morgan fingerprint density at radius 3 is 2.78 bits per heavy atom. The van der Waals surface area contributed by atoms with Crippen LogP contribution in [0, 0.1) is 0 Å². The van der Waals surface area contributed by atoms with E-state index in [1.807, 2.05) is 14.0 Å². The number of likely N-dealkylation sites (N-methyl/N-ethyl adjacent to an activating group) is 1. The van der Waals surface area contributed by atoms with Gasteiger partial charge in [0.15, 0.2) is 0 Å². The van der Waals surface area contributed by atoms with Crippen molar-refractivity contribution in [3.8, 4) is 0 Å². The number of carbonyl (C=O) groups is 1. The van der Waals surface area contributed by atoms with Crippen LogP contribution in [0.1, 0.15) is 52.4 Å². The van der Waals surface area contributed by atoms with Crippen molar-refractivity contribution in [3.05, 3.63) is 0 Å². The maximum Gasteiger partial charge on any atom is 0.248 e. The summed E-state index contributed by atoms with van der Waals surface area (Å²) in [6.07, 6.45) is 6.61. The van der Waals surface area contributed by atoms with Crippen molar-refractivity contribution in [2.24, 2.45) is 0 Å². The third-order valence-corrected chi connectivity index (χ3v) is 3.65. The SMILES string of the molecule is CCCCNC(=O)C(C)OC1CCCCC1NC. The Hall–Kier alpha value is -0.610.